The zero-order valence-corrected chi connectivity index (χ0v) is 21.2. The van der Waals surface area contributed by atoms with E-state index in [1.807, 2.05) is 49.4 Å². The van der Waals surface area contributed by atoms with Crippen molar-refractivity contribution in [2.75, 3.05) is 45.9 Å². The molecule has 2 N–H and O–H groups in total. The van der Waals surface area contributed by atoms with E-state index in [0.29, 0.717) is 19.0 Å². The summed E-state index contributed by atoms with van der Waals surface area (Å²) in [6.45, 7) is 3.37. The molecule has 1 heterocycles. The zero-order valence-electron chi connectivity index (χ0n) is 18.9. The topological polar surface area (TPSA) is 84.4 Å². The third-order valence-electron chi connectivity index (χ3n) is 5.14. The molecule has 0 bridgehead atoms. The molecule has 1 amide bonds. The standard InChI is InChI=1S/C23H30N4O4.HI/c1-16(18-14-17(29-3)10-11-20(18)30-4)26-23(24-2)25-12-7-13-27-19-8-5-6-9-21(19)31-15-22(27)28;/h5-6,8-11,14,16H,7,12-13,15H2,1-4H3,(H2,24,25,26);1H. The first-order valence-corrected chi connectivity index (χ1v) is 10.3. The highest BCUT2D eigenvalue weighted by Gasteiger charge is 2.24. The lowest BCUT2D eigenvalue weighted by Gasteiger charge is -2.29. The van der Waals surface area contributed by atoms with Gasteiger partial charge in [0.15, 0.2) is 12.6 Å². The molecule has 1 unspecified atom stereocenters. The van der Waals surface area contributed by atoms with Gasteiger partial charge in [-0.25, -0.2) is 0 Å². The number of benzene rings is 2. The van der Waals surface area contributed by atoms with Gasteiger partial charge in [-0.1, -0.05) is 12.1 Å². The number of nitrogens with one attached hydrogen (secondary N) is 2. The summed E-state index contributed by atoms with van der Waals surface area (Å²) >= 11 is 0. The SMILES string of the molecule is CN=C(NCCCN1C(=O)COc2ccccc21)NC(C)c1cc(OC)ccc1OC.I. The van der Waals surface area contributed by atoms with Gasteiger partial charge in [0.1, 0.15) is 17.2 Å². The van der Waals surface area contributed by atoms with Crippen LogP contribution in [-0.4, -0.2) is 52.8 Å². The van der Waals surface area contributed by atoms with Crippen molar-refractivity contribution in [1.82, 2.24) is 10.6 Å². The number of anilines is 1. The van der Waals surface area contributed by atoms with Crippen LogP contribution in [0.4, 0.5) is 5.69 Å². The van der Waals surface area contributed by atoms with Crippen LogP contribution in [0.15, 0.2) is 47.5 Å². The van der Waals surface area contributed by atoms with Crippen LogP contribution in [0.5, 0.6) is 17.2 Å². The minimum atomic E-state index is -0.0519. The molecule has 0 fully saturated rings. The number of aliphatic imine (C=N–C) groups is 1. The molecule has 9 heteroatoms. The molecule has 0 spiro atoms. The summed E-state index contributed by atoms with van der Waals surface area (Å²) in [5, 5.41) is 6.69. The summed E-state index contributed by atoms with van der Waals surface area (Å²) < 4.78 is 16.3. The average molecular weight is 554 g/mol. The van der Waals surface area contributed by atoms with Crippen LogP contribution < -0.4 is 29.7 Å². The summed E-state index contributed by atoms with van der Waals surface area (Å²) in [7, 11) is 5.02. The third kappa shape index (κ3) is 6.18. The molecule has 1 aliphatic rings. The van der Waals surface area contributed by atoms with E-state index >= 15 is 0 Å². The van der Waals surface area contributed by atoms with Gasteiger partial charge in [0.2, 0.25) is 0 Å². The van der Waals surface area contributed by atoms with E-state index in [-0.39, 0.29) is 42.5 Å². The quantitative estimate of drug-likeness (QED) is 0.226. The second-order valence-electron chi connectivity index (χ2n) is 7.13. The van der Waals surface area contributed by atoms with E-state index in [1.165, 1.54) is 0 Å². The number of hydrogen-bond acceptors (Lipinski definition) is 5. The molecule has 0 radical (unpaired) electrons. The summed E-state index contributed by atoms with van der Waals surface area (Å²) in [6, 6.07) is 13.3. The van der Waals surface area contributed by atoms with Crippen molar-refractivity contribution in [2.24, 2.45) is 4.99 Å². The summed E-state index contributed by atoms with van der Waals surface area (Å²) in [5.74, 6) is 2.93. The molecule has 2 aromatic rings. The Morgan fingerprint density at radius 1 is 1.22 bits per heavy atom. The van der Waals surface area contributed by atoms with Gasteiger partial charge in [-0.05, 0) is 43.7 Å². The highest BCUT2D eigenvalue weighted by Crippen LogP contribution is 2.31. The van der Waals surface area contributed by atoms with Crippen LogP contribution in [-0.2, 0) is 4.79 Å². The van der Waals surface area contributed by atoms with Gasteiger partial charge in [0, 0.05) is 25.7 Å². The van der Waals surface area contributed by atoms with Gasteiger partial charge >= 0.3 is 0 Å². The van der Waals surface area contributed by atoms with E-state index in [0.717, 1.165) is 34.9 Å². The first-order chi connectivity index (χ1) is 15.1. The van der Waals surface area contributed by atoms with Gasteiger partial charge < -0.3 is 29.7 Å². The number of halogens is 1. The van der Waals surface area contributed by atoms with Crippen LogP contribution in [0.25, 0.3) is 0 Å². The molecule has 32 heavy (non-hydrogen) atoms. The molecular weight excluding hydrogens is 523 g/mol. The van der Waals surface area contributed by atoms with Crippen LogP contribution in [0, 0.1) is 0 Å². The number of rotatable bonds is 8. The maximum Gasteiger partial charge on any atom is 0.265 e. The number of guanidine groups is 1. The lowest BCUT2D eigenvalue weighted by molar-refractivity contribution is -0.121. The monoisotopic (exact) mass is 554 g/mol. The highest BCUT2D eigenvalue weighted by atomic mass is 127. The fourth-order valence-electron chi connectivity index (χ4n) is 3.50. The molecular formula is C23H31IN4O4. The second-order valence-corrected chi connectivity index (χ2v) is 7.13. The Balaban J connectivity index is 0.00000363. The predicted molar refractivity (Wildman–Crippen MR) is 137 cm³/mol. The van der Waals surface area contributed by atoms with Crippen molar-refractivity contribution in [3.05, 3.63) is 48.0 Å². The second kappa shape index (κ2) is 12.4. The Hall–Kier alpha value is -2.69. The number of methoxy groups -OCH3 is 2. The van der Waals surface area contributed by atoms with Crippen molar-refractivity contribution in [2.45, 2.75) is 19.4 Å². The number of fused-ring (bicyclic) bond motifs is 1. The van der Waals surface area contributed by atoms with Crippen molar-refractivity contribution in [3.8, 4) is 17.2 Å². The lowest BCUT2D eigenvalue weighted by Crippen LogP contribution is -2.42. The molecule has 0 aromatic heterocycles. The Labute approximate surface area is 206 Å². The first kappa shape index (κ1) is 25.6. The molecule has 0 saturated carbocycles. The molecule has 174 valence electrons. The van der Waals surface area contributed by atoms with Crippen molar-refractivity contribution in [3.63, 3.8) is 0 Å². The Bertz CT molecular complexity index is 938. The van der Waals surface area contributed by atoms with Gasteiger partial charge in [0.25, 0.3) is 5.91 Å². The van der Waals surface area contributed by atoms with E-state index in [1.54, 1.807) is 26.2 Å². The van der Waals surface area contributed by atoms with Gasteiger partial charge in [-0.2, -0.15) is 0 Å². The number of hydrogen-bond donors (Lipinski definition) is 2. The molecule has 2 aromatic carbocycles. The number of carbonyl (C=O) groups is 1. The Morgan fingerprint density at radius 2 is 2.00 bits per heavy atom. The smallest absolute Gasteiger partial charge is 0.265 e. The molecule has 0 aliphatic carbocycles. The average Bonchev–Trinajstić information content (AvgIpc) is 2.81. The first-order valence-electron chi connectivity index (χ1n) is 10.3. The largest absolute Gasteiger partial charge is 0.497 e. The fourth-order valence-corrected chi connectivity index (χ4v) is 3.50. The van der Waals surface area contributed by atoms with Crippen LogP contribution in [0.2, 0.25) is 0 Å². The van der Waals surface area contributed by atoms with Crippen molar-refractivity contribution < 1.29 is 19.0 Å². The summed E-state index contributed by atoms with van der Waals surface area (Å²) in [4.78, 5) is 18.4. The Kier molecular flexibility index (Phi) is 9.89. The molecule has 8 nitrogen and oxygen atoms in total. The van der Waals surface area contributed by atoms with Crippen LogP contribution in [0.3, 0.4) is 0 Å². The molecule has 3 rings (SSSR count). The normalized spacial score (nSPS) is 13.9. The maximum atomic E-state index is 12.3. The van der Waals surface area contributed by atoms with E-state index in [2.05, 4.69) is 15.6 Å². The van der Waals surface area contributed by atoms with Crippen LogP contribution >= 0.6 is 24.0 Å². The number of amides is 1. The van der Waals surface area contributed by atoms with Crippen molar-refractivity contribution >= 4 is 41.5 Å². The van der Waals surface area contributed by atoms with Crippen molar-refractivity contribution in [1.29, 1.82) is 0 Å². The molecule has 0 saturated heterocycles. The lowest BCUT2D eigenvalue weighted by atomic mass is 10.1. The third-order valence-corrected chi connectivity index (χ3v) is 5.14. The molecule has 1 aliphatic heterocycles. The minimum absolute atomic E-state index is 0. The fraction of sp³-hybridized carbons (Fsp3) is 0.391. The number of ether oxygens (including phenoxy) is 3. The number of nitrogens with zero attached hydrogens (tertiary/aromatic N) is 2. The van der Waals surface area contributed by atoms with Gasteiger partial charge in [-0.3, -0.25) is 9.79 Å². The van der Waals surface area contributed by atoms with E-state index in [4.69, 9.17) is 14.2 Å². The minimum Gasteiger partial charge on any atom is -0.497 e. The van der Waals surface area contributed by atoms with Gasteiger partial charge in [-0.15, -0.1) is 24.0 Å². The summed E-state index contributed by atoms with van der Waals surface area (Å²) in [6.07, 6.45) is 0.762. The van der Waals surface area contributed by atoms with Gasteiger partial charge in [0.05, 0.1) is 25.9 Å². The van der Waals surface area contributed by atoms with E-state index < -0.39 is 0 Å². The van der Waals surface area contributed by atoms with E-state index in [9.17, 15) is 4.79 Å². The number of carbonyl (C=O) groups excluding carboxylic acids is 1. The zero-order chi connectivity index (χ0) is 22.2. The Morgan fingerprint density at radius 3 is 2.72 bits per heavy atom. The van der Waals surface area contributed by atoms with Crippen LogP contribution in [0.1, 0.15) is 24.9 Å². The molecule has 1 atom stereocenters. The number of para-hydroxylation sites is 2. The predicted octanol–water partition coefficient (Wildman–Crippen LogP) is 3.36. The highest BCUT2D eigenvalue weighted by molar-refractivity contribution is 14.0. The maximum absolute atomic E-state index is 12.3. The summed E-state index contributed by atoms with van der Waals surface area (Å²) in [5.41, 5.74) is 1.79.